The first-order valence-electron chi connectivity index (χ1n) is 7.75. The smallest absolute Gasteiger partial charge is 0.407 e. The predicted octanol–water partition coefficient (Wildman–Crippen LogP) is 2.62. The summed E-state index contributed by atoms with van der Waals surface area (Å²) in [7, 11) is -4.21. The van der Waals surface area contributed by atoms with Gasteiger partial charge in [-0.3, -0.25) is 4.55 Å². The number of nitrogens with one attached hydrogen (secondary N) is 1. The zero-order chi connectivity index (χ0) is 18.0. The van der Waals surface area contributed by atoms with Crippen LogP contribution < -0.4 is 5.32 Å². The minimum Gasteiger partial charge on any atom is -0.449 e. The molecule has 1 amide bonds. The summed E-state index contributed by atoms with van der Waals surface area (Å²) in [5.74, 6) is -0.750. The fourth-order valence-corrected chi connectivity index (χ4v) is 3.69. The summed E-state index contributed by atoms with van der Waals surface area (Å²) in [5, 5.41) is 2.30. The fourth-order valence-electron chi connectivity index (χ4n) is 3.10. The summed E-state index contributed by atoms with van der Waals surface area (Å²) >= 11 is 0. The van der Waals surface area contributed by atoms with E-state index in [1.807, 2.05) is 48.5 Å². The number of carbonyl (C=O) groups excluding carboxylic acids is 1. The van der Waals surface area contributed by atoms with E-state index in [-0.39, 0.29) is 12.5 Å². The third kappa shape index (κ3) is 4.00. The summed E-state index contributed by atoms with van der Waals surface area (Å²) in [6, 6.07) is 14.9. The first-order chi connectivity index (χ1) is 11.8. The van der Waals surface area contributed by atoms with Crippen LogP contribution in [0.1, 0.15) is 17.0 Å². The molecular weight excluding hydrogens is 342 g/mol. The number of rotatable bonds is 5. The van der Waals surface area contributed by atoms with Gasteiger partial charge in [0.25, 0.3) is 10.1 Å². The molecule has 0 fully saturated rings. The van der Waals surface area contributed by atoms with Crippen molar-refractivity contribution in [2.45, 2.75) is 12.0 Å². The van der Waals surface area contributed by atoms with Crippen molar-refractivity contribution in [3.05, 3.63) is 66.6 Å². The van der Waals surface area contributed by atoms with Gasteiger partial charge in [-0.2, -0.15) is 8.42 Å². The number of carbonyl (C=O) groups is 1. The number of hydrogen-bond acceptors (Lipinski definition) is 4. The average Bonchev–Trinajstić information content (AvgIpc) is 2.85. The van der Waals surface area contributed by atoms with E-state index in [9.17, 15) is 13.2 Å². The van der Waals surface area contributed by atoms with Crippen molar-refractivity contribution >= 4 is 16.2 Å². The van der Waals surface area contributed by atoms with Gasteiger partial charge >= 0.3 is 6.09 Å². The van der Waals surface area contributed by atoms with Gasteiger partial charge in [0.2, 0.25) is 0 Å². The lowest BCUT2D eigenvalue weighted by atomic mass is 9.98. The lowest BCUT2D eigenvalue weighted by molar-refractivity contribution is 0.141. The van der Waals surface area contributed by atoms with E-state index in [0.717, 1.165) is 22.3 Å². The molecule has 2 aromatic rings. The van der Waals surface area contributed by atoms with Crippen molar-refractivity contribution in [2.75, 3.05) is 12.4 Å². The van der Waals surface area contributed by atoms with E-state index in [1.165, 1.54) is 0 Å². The van der Waals surface area contributed by atoms with Gasteiger partial charge in [-0.05, 0) is 29.2 Å². The van der Waals surface area contributed by atoms with Crippen molar-refractivity contribution in [1.29, 1.82) is 0 Å². The molecule has 2 aromatic carbocycles. The minimum absolute atomic E-state index is 0.0806. The molecule has 6 nitrogen and oxygen atoms in total. The third-order valence-electron chi connectivity index (χ3n) is 4.08. The number of fused-ring (bicyclic) bond motifs is 3. The molecule has 7 heteroatoms. The maximum Gasteiger partial charge on any atom is 0.407 e. The van der Waals surface area contributed by atoms with E-state index < -0.39 is 28.0 Å². The topological polar surface area (TPSA) is 92.7 Å². The Kier molecular flexibility index (Phi) is 4.78. The summed E-state index contributed by atoms with van der Waals surface area (Å²) in [5.41, 5.74) is 4.41. The van der Waals surface area contributed by atoms with Gasteiger partial charge < -0.3 is 10.1 Å². The largest absolute Gasteiger partial charge is 0.449 e. The Balaban J connectivity index is 1.68. The molecule has 0 bridgehead atoms. The SMILES string of the molecule is [CH2][C@H](CS(=O)(=O)O)NC(=O)OCC1c2ccccc2-c2ccccc21. The Bertz CT molecular complexity index is 848. The Morgan fingerprint density at radius 2 is 1.64 bits per heavy atom. The maximum atomic E-state index is 11.9. The first kappa shape index (κ1) is 17.4. The molecule has 1 radical (unpaired) electrons. The molecule has 0 saturated heterocycles. The van der Waals surface area contributed by atoms with Crippen LogP contribution in [0.5, 0.6) is 0 Å². The van der Waals surface area contributed by atoms with Crippen molar-refractivity contribution in [1.82, 2.24) is 5.32 Å². The maximum absolute atomic E-state index is 11.9. The van der Waals surface area contributed by atoms with E-state index in [0.29, 0.717) is 0 Å². The monoisotopic (exact) mass is 360 g/mol. The fraction of sp³-hybridized carbons (Fsp3) is 0.222. The Hall–Kier alpha value is -2.38. The number of hydrogen-bond donors (Lipinski definition) is 2. The molecule has 0 spiro atoms. The van der Waals surface area contributed by atoms with Crippen LogP contribution in [0.4, 0.5) is 4.79 Å². The molecule has 25 heavy (non-hydrogen) atoms. The highest BCUT2D eigenvalue weighted by molar-refractivity contribution is 7.85. The van der Waals surface area contributed by atoms with Crippen molar-refractivity contribution in [2.24, 2.45) is 0 Å². The molecular formula is C18H18NO5S. The van der Waals surface area contributed by atoms with Crippen LogP contribution in [0.2, 0.25) is 0 Å². The molecule has 1 atom stereocenters. The second kappa shape index (κ2) is 6.85. The van der Waals surface area contributed by atoms with Crippen molar-refractivity contribution in [3.8, 4) is 11.1 Å². The van der Waals surface area contributed by atoms with Crippen LogP contribution in [0.15, 0.2) is 48.5 Å². The summed E-state index contributed by atoms with van der Waals surface area (Å²) < 4.78 is 35.6. The molecule has 0 saturated carbocycles. The molecule has 1 aliphatic rings. The normalized spacial score (nSPS) is 14.5. The number of ether oxygens (including phenoxy) is 1. The Labute approximate surface area is 146 Å². The summed E-state index contributed by atoms with van der Waals surface area (Å²) in [6.07, 6.45) is -0.773. The van der Waals surface area contributed by atoms with Gasteiger partial charge in [0.1, 0.15) is 6.61 Å². The molecule has 0 unspecified atom stereocenters. The second-order valence-electron chi connectivity index (χ2n) is 5.92. The van der Waals surface area contributed by atoms with E-state index in [4.69, 9.17) is 9.29 Å². The van der Waals surface area contributed by atoms with Crippen LogP contribution in [0.3, 0.4) is 0 Å². The highest BCUT2D eigenvalue weighted by atomic mass is 32.2. The zero-order valence-corrected chi connectivity index (χ0v) is 14.2. The third-order valence-corrected chi connectivity index (χ3v) is 4.90. The number of benzene rings is 2. The first-order valence-corrected chi connectivity index (χ1v) is 9.36. The van der Waals surface area contributed by atoms with Crippen LogP contribution >= 0.6 is 0 Å². The Morgan fingerprint density at radius 1 is 1.12 bits per heavy atom. The van der Waals surface area contributed by atoms with Gasteiger partial charge in [-0.25, -0.2) is 4.79 Å². The van der Waals surface area contributed by atoms with Gasteiger partial charge in [0.05, 0.1) is 5.75 Å². The van der Waals surface area contributed by atoms with Crippen LogP contribution in [0.25, 0.3) is 11.1 Å². The second-order valence-corrected chi connectivity index (χ2v) is 7.41. The van der Waals surface area contributed by atoms with E-state index in [2.05, 4.69) is 12.2 Å². The lowest BCUT2D eigenvalue weighted by Crippen LogP contribution is -2.38. The Morgan fingerprint density at radius 3 is 2.16 bits per heavy atom. The predicted molar refractivity (Wildman–Crippen MR) is 93.8 cm³/mol. The standard InChI is InChI=1S/C18H18NO5S/c1-12(11-25(21,22)23)19-18(20)24-10-17-15-8-4-2-6-13(15)14-7-3-5-9-16(14)17/h2-9,12,17H,1,10-11H2,(H,19,20)(H,21,22,23)/t12-/m1/s1. The van der Waals surface area contributed by atoms with Gasteiger partial charge in [-0.15, -0.1) is 0 Å². The molecule has 0 aromatic heterocycles. The van der Waals surface area contributed by atoms with Crippen LogP contribution in [-0.4, -0.2) is 37.5 Å². The van der Waals surface area contributed by atoms with E-state index >= 15 is 0 Å². The van der Waals surface area contributed by atoms with E-state index in [1.54, 1.807) is 0 Å². The van der Waals surface area contributed by atoms with Crippen molar-refractivity contribution < 1.29 is 22.5 Å². The van der Waals surface area contributed by atoms with Gasteiger partial charge in [0, 0.05) is 12.0 Å². The summed E-state index contributed by atoms with van der Waals surface area (Å²) in [4.78, 5) is 11.9. The van der Waals surface area contributed by atoms with Gasteiger partial charge in [-0.1, -0.05) is 48.5 Å². The average molecular weight is 360 g/mol. The molecule has 2 N–H and O–H groups in total. The number of alkyl carbamates (subject to hydrolysis) is 1. The lowest BCUT2D eigenvalue weighted by Gasteiger charge is -2.16. The minimum atomic E-state index is -4.21. The van der Waals surface area contributed by atoms with Crippen molar-refractivity contribution in [3.63, 3.8) is 0 Å². The van der Waals surface area contributed by atoms with Crippen LogP contribution in [-0.2, 0) is 14.9 Å². The van der Waals surface area contributed by atoms with Crippen LogP contribution in [0, 0.1) is 6.92 Å². The quantitative estimate of drug-likeness (QED) is 0.800. The molecule has 131 valence electrons. The number of amides is 1. The summed E-state index contributed by atoms with van der Waals surface area (Å²) in [6.45, 7) is 3.59. The molecule has 0 aliphatic heterocycles. The molecule has 3 rings (SSSR count). The highest BCUT2D eigenvalue weighted by Gasteiger charge is 2.29. The highest BCUT2D eigenvalue weighted by Crippen LogP contribution is 2.44. The zero-order valence-electron chi connectivity index (χ0n) is 13.4. The van der Waals surface area contributed by atoms with Gasteiger partial charge in [0.15, 0.2) is 0 Å². The molecule has 1 aliphatic carbocycles. The molecule has 0 heterocycles.